The third-order valence-corrected chi connectivity index (χ3v) is 3.35. The zero-order valence-electron chi connectivity index (χ0n) is 13.4. The Labute approximate surface area is 139 Å². The maximum absolute atomic E-state index is 11.7. The van der Waals surface area contributed by atoms with Crippen LogP contribution in [0.1, 0.15) is 22.8 Å². The van der Waals surface area contributed by atoms with Crippen molar-refractivity contribution < 1.29 is 19.2 Å². The van der Waals surface area contributed by atoms with Gasteiger partial charge in [0.2, 0.25) is 0 Å². The number of nitrogens with zero attached hydrogens (tertiary/aromatic N) is 1. The molecule has 0 aliphatic heterocycles. The lowest BCUT2D eigenvalue weighted by molar-refractivity contribution is -0.384. The number of hydrogen-bond acceptors (Lipinski definition) is 6. The van der Waals surface area contributed by atoms with E-state index in [1.165, 1.54) is 18.2 Å². The summed E-state index contributed by atoms with van der Waals surface area (Å²) in [5, 5.41) is 14.3. The Bertz CT molecular complexity index is 728. The van der Waals surface area contributed by atoms with Gasteiger partial charge in [0.05, 0.1) is 24.2 Å². The average Bonchev–Trinajstić information content (AvgIpc) is 2.60. The quantitative estimate of drug-likeness (QED) is 0.475. The van der Waals surface area contributed by atoms with Crippen molar-refractivity contribution in [3.8, 4) is 5.75 Å². The van der Waals surface area contributed by atoms with Gasteiger partial charge in [-0.05, 0) is 36.8 Å². The summed E-state index contributed by atoms with van der Waals surface area (Å²) < 4.78 is 9.94. The Kier molecular flexibility index (Phi) is 5.73. The summed E-state index contributed by atoms with van der Waals surface area (Å²) >= 11 is 0. The molecule has 0 saturated carbocycles. The van der Waals surface area contributed by atoms with Crippen LogP contribution in [-0.2, 0) is 11.3 Å². The zero-order valence-corrected chi connectivity index (χ0v) is 13.4. The lowest BCUT2D eigenvalue weighted by Gasteiger charge is -2.09. The lowest BCUT2D eigenvalue weighted by atomic mass is 10.1. The van der Waals surface area contributed by atoms with Crippen molar-refractivity contribution in [3.05, 3.63) is 63.7 Å². The summed E-state index contributed by atoms with van der Waals surface area (Å²) in [5.74, 6) is 0.158. The van der Waals surface area contributed by atoms with Crippen LogP contribution in [0, 0.1) is 10.1 Å². The van der Waals surface area contributed by atoms with Crippen molar-refractivity contribution in [1.82, 2.24) is 0 Å². The Hall–Kier alpha value is -3.09. The summed E-state index contributed by atoms with van der Waals surface area (Å²) in [6, 6.07) is 11.6. The summed E-state index contributed by atoms with van der Waals surface area (Å²) in [6.07, 6.45) is 0. The van der Waals surface area contributed by atoms with E-state index in [2.05, 4.69) is 5.32 Å². The van der Waals surface area contributed by atoms with Crippen LogP contribution in [0.3, 0.4) is 0 Å². The first kappa shape index (κ1) is 17.3. The number of nitrogens with one attached hydrogen (secondary N) is 1. The van der Waals surface area contributed by atoms with Crippen LogP contribution in [0.2, 0.25) is 0 Å². The molecule has 2 aromatic carbocycles. The van der Waals surface area contributed by atoms with E-state index in [1.807, 2.05) is 24.3 Å². The highest BCUT2D eigenvalue weighted by Crippen LogP contribution is 2.26. The second kappa shape index (κ2) is 7.96. The minimum Gasteiger partial charge on any atom is -0.497 e. The highest BCUT2D eigenvalue weighted by atomic mass is 16.6. The first-order chi connectivity index (χ1) is 11.5. The predicted molar refractivity (Wildman–Crippen MR) is 89.4 cm³/mol. The molecule has 0 heterocycles. The molecular weight excluding hydrogens is 312 g/mol. The molecule has 7 nitrogen and oxygen atoms in total. The molecule has 0 saturated heterocycles. The molecule has 1 N–H and O–H groups in total. The average molecular weight is 330 g/mol. The molecule has 0 spiro atoms. The fourth-order valence-electron chi connectivity index (χ4n) is 2.11. The van der Waals surface area contributed by atoms with E-state index in [1.54, 1.807) is 14.0 Å². The van der Waals surface area contributed by atoms with Crippen LogP contribution in [0.25, 0.3) is 0 Å². The summed E-state index contributed by atoms with van der Waals surface area (Å²) in [4.78, 5) is 22.4. The number of nitro groups is 1. The van der Waals surface area contributed by atoms with Gasteiger partial charge in [0.1, 0.15) is 11.4 Å². The van der Waals surface area contributed by atoms with Crippen LogP contribution in [0.4, 0.5) is 11.4 Å². The first-order valence-corrected chi connectivity index (χ1v) is 7.37. The number of rotatable bonds is 7. The van der Waals surface area contributed by atoms with E-state index in [0.29, 0.717) is 12.2 Å². The van der Waals surface area contributed by atoms with E-state index in [0.717, 1.165) is 11.3 Å². The molecule has 0 aliphatic rings. The van der Waals surface area contributed by atoms with Crippen LogP contribution < -0.4 is 10.1 Å². The number of hydrogen-bond donors (Lipinski definition) is 1. The number of carbonyl (C=O) groups is 1. The van der Waals surface area contributed by atoms with Crippen molar-refractivity contribution in [2.75, 3.05) is 19.0 Å². The zero-order chi connectivity index (χ0) is 17.5. The minimum absolute atomic E-state index is 0.151. The molecule has 0 aromatic heterocycles. The number of esters is 1. The van der Waals surface area contributed by atoms with E-state index in [4.69, 9.17) is 9.47 Å². The molecule has 0 atom stereocenters. The normalized spacial score (nSPS) is 10.1. The van der Waals surface area contributed by atoms with Gasteiger partial charge in [-0.3, -0.25) is 10.1 Å². The van der Waals surface area contributed by atoms with Crippen molar-refractivity contribution >= 4 is 17.3 Å². The Morgan fingerprint density at radius 2 is 1.92 bits per heavy atom. The van der Waals surface area contributed by atoms with E-state index in [-0.39, 0.29) is 17.9 Å². The maximum atomic E-state index is 11.7. The summed E-state index contributed by atoms with van der Waals surface area (Å²) in [6.45, 7) is 2.30. The highest BCUT2D eigenvalue weighted by molar-refractivity contribution is 5.91. The molecule has 7 heteroatoms. The smallest absolute Gasteiger partial charge is 0.338 e. The van der Waals surface area contributed by atoms with E-state index in [9.17, 15) is 14.9 Å². The predicted octanol–water partition coefficient (Wildman–Crippen LogP) is 3.39. The third-order valence-electron chi connectivity index (χ3n) is 3.35. The Morgan fingerprint density at radius 1 is 1.21 bits per heavy atom. The number of nitro benzene ring substituents is 1. The summed E-state index contributed by atoms with van der Waals surface area (Å²) in [7, 11) is 1.59. The largest absolute Gasteiger partial charge is 0.497 e. The van der Waals surface area contributed by atoms with Gasteiger partial charge in [0.25, 0.3) is 5.69 Å². The van der Waals surface area contributed by atoms with Gasteiger partial charge >= 0.3 is 5.97 Å². The Balaban J connectivity index is 2.16. The van der Waals surface area contributed by atoms with E-state index >= 15 is 0 Å². The fraction of sp³-hybridized carbons (Fsp3) is 0.235. The van der Waals surface area contributed by atoms with Crippen molar-refractivity contribution in [1.29, 1.82) is 0 Å². The van der Waals surface area contributed by atoms with Crippen molar-refractivity contribution in [3.63, 3.8) is 0 Å². The van der Waals surface area contributed by atoms with Gasteiger partial charge < -0.3 is 14.8 Å². The standard InChI is InChI=1S/C17H18N2O5/c1-3-24-17(20)13-6-9-15(16(10-13)19(21)22)18-11-12-4-7-14(23-2)8-5-12/h4-10,18H,3,11H2,1-2H3. The number of carbonyl (C=O) groups excluding carboxylic acids is 1. The van der Waals surface area contributed by atoms with Gasteiger partial charge in [-0.1, -0.05) is 12.1 Å². The first-order valence-electron chi connectivity index (χ1n) is 7.37. The molecule has 0 aliphatic carbocycles. The van der Waals surface area contributed by atoms with Gasteiger partial charge in [-0.15, -0.1) is 0 Å². The molecule has 0 amide bonds. The SMILES string of the molecule is CCOC(=O)c1ccc(NCc2ccc(OC)cc2)c([N+](=O)[O-])c1. The third kappa shape index (κ3) is 4.22. The number of methoxy groups -OCH3 is 1. The van der Waals surface area contributed by atoms with Crippen LogP contribution in [0.5, 0.6) is 5.75 Å². The van der Waals surface area contributed by atoms with Gasteiger partial charge in [-0.25, -0.2) is 4.79 Å². The summed E-state index contributed by atoms with van der Waals surface area (Å²) in [5.41, 5.74) is 1.26. The van der Waals surface area contributed by atoms with Crippen LogP contribution >= 0.6 is 0 Å². The number of ether oxygens (including phenoxy) is 2. The second-order valence-electron chi connectivity index (χ2n) is 4.91. The molecule has 0 unspecified atom stereocenters. The van der Waals surface area contributed by atoms with E-state index < -0.39 is 10.9 Å². The molecule has 24 heavy (non-hydrogen) atoms. The second-order valence-corrected chi connectivity index (χ2v) is 4.91. The van der Waals surface area contributed by atoms with Gasteiger partial charge in [0, 0.05) is 12.6 Å². The molecule has 2 rings (SSSR count). The topological polar surface area (TPSA) is 90.7 Å². The molecule has 2 aromatic rings. The molecular formula is C17H18N2O5. The van der Waals surface area contributed by atoms with Gasteiger partial charge in [0.15, 0.2) is 0 Å². The van der Waals surface area contributed by atoms with Crippen LogP contribution in [-0.4, -0.2) is 24.6 Å². The van der Waals surface area contributed by atoms with Crippen molar-refractivity contribution in [2.24, 2.45) is 0 Å². The van der Waals surface area contributed by atoms with Crippen molar-refractivity contribution in [2.45, 2.75) is 13.5 Å². The molecule has 0 radical (unpaired) electrons. The molecule has 126 valence electrons. The fourth-order valence-corrected chi connectivity index (χ4v) is 2.11. The number of benzene rings is 2. The monoisotopic (exact) mass is 330 g/mol. The van der Waals surface area contributed by atoms with Gasteiger partial charge in [-0.2, -0.15) is 0 Å². The highest BCUT2D eigenvalue weighted by Gasteiger charge is 2.18. The lowest BCUT2D eigenvalue weighted by Crippen LogP contribution is -2.07. The maximum Gasteiger partial charge on any atom is 0.338 e. The van der Waals surface area contributed by atoms with Crippen LogP contribution in [0.15, 0.2) is 42.5 Å². The molecule has 0 bridgehead atoms. The molecule has 0 fully saturated rings. The number of anilines is 1. The Morgan fingerprint density at radius 3 is 2.50 bits per heavy atom. The minimum atomic E-state index is -0.581.